The fourth-order valence-corrected chi connectivity index (χ4v) is 2.39. The molecule has 5 heteroatoms. The molecule has 1 heterocycles. The van der Waals surface area contributed by atoms with Gasteiger partial charge in [-0.2, -0.15) is 0 Å². The van der Waals surface area contributed by atoms with Crippen LogP contribution in [0.25, 0.3) is 0 Å². The number of carbonyl (C=O) groups is 1. The molecule has 0 aliphatic rings. The van der Waals surface area contributed by atoms with Crippen LogP contribution in [0.3, 0.4) is 0 Å². The Kier molecular flexibility index (Phi) is 4.33. The van der Waals surface area contributed by atoms with Gasteiger partial charge >= 0.3 is 0 Å². The summed E-state index contributed by atoms with van der Waals surface area (Å²) in [5.41, 5.74) is 1.52. The number of aryl methyl sites for hydroxylation is 1. The van der Waals surface area contributed by atoms with Crippen LogP contribution in [0.2, 0.25) is 5.02 Å². The second-order valence-corrected chi connectivity index (χ2v) is 5.32. The van der Waals surface area contributed by atoms with Gasteiger partial charge in [0.25, 0.3) is 5.91 Å². The molecule has 94 valence electrons. The molecule has 0 fully saturated rings. The Hall–Kier alpha value is -1.39. The fraction of sp³-hybridized carbons (Fsp3) is 0.231. The largest absolute Gasteiger partial charge is 0.350 e. The number of nitrogens with zero attached hydrogens (tertiary/aromatic N) is 1. The number of carbonyl (C=O) groups excluding carboxylic acids is 1. The Balaban J connectivity index is 1.86. The van der Waals surface area contributed by atoms with E-state index in [-0.39, 0.29) is 5.91 Å². The van der Waals surface area contributed by atoms with Gasteiger partial charge in [-0.3, -0.25) is 4.79 Å². The zero-order valence-corrected chi connectivity index (χ0v) is 11.5. The number of benzene rings is 1. The quantitative estimate of drug-likeness (QED) is 0.935. The van der Waals surface area contributed by atoms with Crippen molar-refractivity contribution in [1.82, 2.24) is 10.3 Å². The van der Waals surface area contributed by atoms with Crippen LogP contribution in [0.4, 0.5) is 0 Å². The summed E-state index contributed by atoms with van der Waals surface area (Å²) in [4.78, 5) is 15.9. The van der Waals surface area contributed by atoms with Gasteiger partial charge in [-0.1, -0.05) is 29.8 Å². The molecule has 18 heavy (non-hydrogen) atoms. The van der Waals surface area contributed by atoms with Crippen molar-refractivity contribution in [2.75, 3.05) is 6.54 Å². The third-order valence-corrected chi connectivity index (χ3v) is 3.63. The van der Waals surface area contributed by atoms with Crippen LogP contribution in [0, 0.1) is 6.92 Å². The van der Waals surface area contributed by atoms with Gasteiger partial charge in [-0.15, -0.1) is 11.3 Å². The Bertz CT molecular complexity index is 553. The molecule has 0 atom stereocenters. The first-order valence-corrected chi connectivity index (χ1v) is 6.86. The average Bonchev–Trinajstić information content (AvgIpc) is 2.78. The highest BCUT2D eigenvalue weighted by atomic mass is 35.5. The van der Waals surface area contributed by atoms with Crippen LogP contribution in [0.1, 0.15) is 21.1 Å². The number of aromatic nitrogens is 1. The first kappa shape index (κ1) is 13.1. The first-order valence-electron chi connectivity index (χ1n) is 5.60. The lowest BCUT2D eigenvalue weighted by atomic mass is 10.1. The van der Waals surface area contributed by atoms with E-state index in [0.29, 0.717) is 18.7 Å². The highest BCUT2D eigenvalue weighted by Gasteiger charge is 2.08. The summed E-state index contributed by atoms with van der Waals surface area (Å²) < 4.78 is 0. The number of hydrogen-bond acceptors (Lipinski definition) is 3. The van der Waals surface area contributed by atoms with Gasteiger partial charge in [0.15, 0.2) is 0 Å². The molecule has 2 aromatic rings. The molecule has 0 aliphatic heterocycles. The molecular formula is C13H13ClN2OS. The van der Waals surface area contributed by atoms with E-state index in [0.717, 1.165) is 15.6 Å². The molecular weight excluding hydrogens is 268 g/mol. The summed E-state index contributed by atoms with van der Waals surface area (Å²) in [6.45, 7) is 2.43. The van der Waals surface area contributed by atoms with E-state index < -0.39 is 0 Å². The summed E-state index contributed by atoms with van der Waals surface area (Å²) in [6, 6.07) is 7.64. The number of thiazole rings is 1. The lowest BCUT2D eigenvalue weighted by Crippen LogP contribution is -2.26. The SMILES string of the molecule is Cc1nc(C(=O)NCCc2ccccc2Cl)cs1. The van der Waals surface area contributed by atoms with Crippen LogP contribution in [0.5, 0.6) is 0 Å². The monoisotopic (exact) mass is 280 g/mol. The van der Waals surface area contributed by atoms with Crippen LogP contribution >= 0.6 is 22.9 Å². The standard InChI is InChI=1S/C13H13ClN2OS/c1-9-16-12(8-18-9)13(17)15-7-6-10-4-2-3-5-11(10)14/h2-5,8H,6-7H2,1H3,(H,15,17). The minimum Gasteiger partial charge on any atom is -0.350 e. The van der Waals surface area contributed by atoms with Crippen molar-refractivity contribution in [3.05, 3.63) is 50.9 Å². The summed E-state index contributed by atoms with van der Waals surface area (Å²) >= 11 is 7.51. The molecule has 0 bridgehead atoms. The number of amides is 1. The summed E-state index contributed by atoms with van der Waals surface area (Å²) in [6.07, 6.45) is 0.717. The second kappa shape index (κ2) is 5.98. The fourth-order valence-electron chi connectivity index (χ4n) is 1.57. The van der Waals surface area contributed by atoms with Gasteiger partial charge in [0.2, 0.25) is 0 Å². The van der Waals surface area contributed by atoms with E-state index in [1.807, 2.05) is 31.2 Å². The van der Waals surface area contributed by atoms with Crippen molar-refractivity contribution in [3.8, 4) is 0 Å². The Morgan fingerprint density at radius 2 is 2.22 bits per heavy atom. The van der Waals surface area contributed by atoms with E-state index in [2.05, 4.69) is 10.3 Å². The molecule has 1 aromatic heterocycles. The predicted octanol–water partition coefficient (Wildman–Crippen LogP) is 3.08. The maximum atomic E-state index is 11.7. The van der Waals surface area contributed by atoms with Gasteiger partial charge in [0.05, 0.1) is 5.01 Å². The second-order valence-electron chi connectivity index (χ2n) is 3.85. The molecule has 2 rings (SSSR count). The predicted molar refractivity (Wildman–Crippen MR) is 74.3 cm³/mol. The van der Waals surface area contributed by atoms with Crippen molar-refractivity contribution < 1.29 is 4.79 Å². The number of nitrogens with one attached hydrogen (secondary N) is 1. The van der Waals surface area contributed by atoms with Crippen molar-refractivity contribution >= 4 is 28.8 Å². The van der Waals surface area contributed by atoms with Crippen molar-refractivity contribution in [2.24, 2.45) is 0 Å². The zero-order chi connectivity index (χ0) is 13.0. The number of rotatable bonds is 4. The average molecular weight is 281 g/mol. The Morgan fingerprint density at radius 3 is 2.89 bits per heavy atom. The molecule has 0 spiro atoms. The molecule has 1 N–H and O–H groups in total. The third-order valence-electron chi connectivity index (χ3n) is 2.49. The lowest BCUT2D eigenvalue weighted by Gasteiger charge is -2.05. The van der Waals surface area contributed by atoms with Crippen LogP contribution in [-0.4, -0.2) is 17.4 Å². The van der Waals surface area contributed by atoms with E-state index in [1.165, 1.54) is 11.3 Å². The smallest absolute Gasteiger partial charge is 0.270 e. The van der Waals surface area contributed by atoms with E-state index in [4.69, 9.17) is 11.6 Å². The minimum atomic E-state index is -0.133. The molecule has 0 saturated carbocycles. The van der Waals surface area contributed by atoms with Gasteiger partial charge < -0.3 is 5.32 Å². The first-order chi connectivity index (χ1) is 8.66. The molecule has 1 aromatic carbocycles. The Morgan fingerprint density at radius 1 is 1.44 bits per heavy atom. The van der Waals surface area contributed by atoms with Crippen LogP contribution in [-0.2, 0) is 6.42 Å². The Labute approximate surface area is 115 Å². The summed E-state index contributed by atoms with van der Waals surface area (Å²) in [5, 5.41) is 6.23. The summed E-state index contributed by atoms with van der Waals surface area (Å²) in [5.74, 6) is -0.133. The van der Waals surface area contributed by atoms with Gasteiger partial charge in [-0.05, 0) is 25.0 Å². The molecule has 0 aliphatic carbocycles. The van der Waals surface area contributed by atoms with Crippen LogP contribution in [0.15, 0.2) is 29.6 Å². The van der Waals surface area contributed by atoms with Gasteiger partial charge in [-0.25, -0.2) is 4.98 Å². The van der Waals surface area contributed by atoms with E-state index in [9.17, 15) is 4.79 Å². The maximum absolute atomic E-state index is 11.7. The van der Waals surface area contributed by atoms with Crippen molar-refractivity contribution in [2.45, 2.75) is 13.3 Å². The zero-order valence-electron chi connectivity index (χ0n) is 9.94. The molecule has 1 amide bonds. The van der Waals surface area contributed by atoms with E-state index >= 15 is 0 Å². The minimum absolute atomic E-state index is 0.133. The number of halogens is 1. The molecule has 0 unspecified atom stereocenters. The molecule has 0 saturated heterocycles. The van der Waals surface area contributed by atoms with Crippen molar-refractivity contribution in [3.63, 3.8) is 0 Å². The van der Waals surface area contributed by atoms with Gasteiger partial charge in [0, 0.05) is 16.9 Å². The summed E-state index contributed by atoms with van der Waals surface area (Å²) in [7, 11) is 0. The van der Waals surface area contributed by atoms with E-state index in [1.54, 1.807) is 5.38 Å². The van der Waals surface area contributed by atoms with Crippen molar-refractivity contribution in [1.29, 1.82) is 0 Å². The normalized spacial score (nSPS) is 10.3. The highest BCUT2D eigenvalue weighted by Crippen LogP contribution is 2.15. The molecule has 0 radical (unpaired) electrons. The topological polar surface area (TPSA) is 42.0 Å². The highest BCUT2D eigenvalue weighted by molar-refractivity contribution is 7.09. The third kappa shape index (κ3) is 3.31. The number of hydrogen-bond donors (Lipinski definition) is 1. The lowest BCUT2D eigenvalue weighted by molar-refractivity contribution is 0.0949. The van der Waals surface area contributed by atoms with Crippen LogP contribution < -0.4 is 5.32 Å². The molecule has 3 nitrogen and oxygen atoms in total. The van der Waals surface area contributed by atoms with Gasteiger partial charge in [0.1, 0.15) is 5.69 Å². The maximum Gasteiger partial charge on any atom is 0.270 e.